The Labute approximate surface area is 193 Å². The van der Waals surface area contributed by atoms with E-state index >= 15 is 0 Å². The molecule has 0 unspecified atom stereocenters. The highest BCUT2D eigenvalue weighted by Crippen LogP contribution is 2.42. The van der Waals surface area contributed by atoms with Crippen LogP contribution in [-0.4, -0.2) is 72.2 Å². The molecule has 0 aliphatic carbocycles. The fourth-order valence-electron chi connectivity index (χ4n) is 4.77. The van der Waals surface area contributed by atoms with E-state index in [0.717, 1.165) is 16.5 Å². The molecule has 0 radical (unpaired) electrons. The highest BCUT2D eigenvalue weighted by Gasteiger charge is 2.40. The van der Waals surface area contributed by atoms with Gasteiger partial charge in [-0.2, -0.15) is 0 Å². The van der Waals surface area contributed by atoms with Gasteiger partial charge < -0.3 is 24.2 Å². The summed E-state index contributed by atoms with van der Waals surface area (Å²) < 4.78 is 19.1. The maximum Gasteiger partial charge on any atom is 0.288 e. The maximum atomic E-state index is 13.3. The van der Waals surface area contributed by atoms with Crippen LogP contribution in [0.25, 0.3) is 10.9 Å². The Morgan fingerprint density at radius 2 is 1.97 bits per heavy atom. The van der Waals surface area contributed by atoms with Gasteiger partial charge in [-0.1, -0.05) is 18.2 Å². The Hall–Kier alpha value is -2.68. The van der Waals surface area contributed by atoms with Crippen LogP contribution in [0.1, 0.15) is 43.0 Å². The van der Waals surface area contributed by atoms with E-state index in [1.165, 1.54) is 6.92 Å². The van der Waals surface area contributed by atoms with Gasteiger partial charge in [0.05, 0.1) is 18.7 Å². The van der Waals surface area contributed by atoms with Crippen molar-refractivity contribution in [3.8, 4) is 0 Å². The number of ether oxygens (including phenoxy) is 3. The zero-order valence-corrected chi connectivity index (χ0v) is 19.2. The van der Waals surface area contributed by atoms with E-state index in [9.17, 15) is 14.7 Å². The third kappa shape index (κ3) is 4.83. The molecule has 8 nitrogen and oxygen atoms in total. The van der Waals surface area contributed by atoms with Crippen LogP contribution < -0.4 is 0 Å². The number of para-hydroxylation sites is 1. The predicted octanol–water partition coefficient (Wildman–Crippen LogP) is 2.91. The molecule has 1 aromatic carbocycles. The van der Waals surface area contributed by atoms with Crippen molar-refractivity contribution < 1.29 is 28.9 Å². The van der Waals surface area contributed by atoms with Crippen molar-refractivity contribution in [1.82, 2.24) is 9.47 Å². The summed E-state index contributed by atoms with van der Waals surface area (Å²) in [6, 6.07) is 7.77. The van der Waals surface area contributed by atoms with Crippen molar-refractivity contribution in [3.63, 3.8) is 0 Å². The molecule has 3 atom stereocenters. The van der Waals surface area contributed by atoms with Crippen molar-refractivity contribution in [2.75, 3.05) is 39.5 Å². The molecule has 2 aromatic rings. The number of morpholine rings is 1. The lowest BCUT2D eigenvalue weighted by atomic mass is 9.80. The number of aliphatic hydroxyl groups excluding tert-OH is 1. The van der Waals surface area contributed by atoms with Crippen molar-refractivity contribution in [3.05, 3.63) is 47.9 Å². The first-order chi connectivity index (χ1) is 16.0. The number of aromatic nitrogens is 1. The second-order valence-corrected chi connectivity index (χ2v) is 8.42. The molecular weight excluding hydrogens is 424 g/mol. The SMILES string of the molecule is CCO[C@@H]1OC(C(=O)N2CCOCC2)=C[C@H](c2cn(C(C)=O)c3ccccc23)[C@H]1CCCO. The minimum atomic E-state index is -0.629. The van der Waals surface area contributed by atoms with Gasteiger partial charge >= 0.3 is 0 Å². The van der Waals surface area contributed by atoms with Crippen molar-refractivity contribution >= 4 is 22.7 Å². The lowest BCUT2D eigenvalue weighted by Gasteiger charge is -2.38. The number of aliphatic hydroxyl groups is 1. The Morgan fingerprint density at radius 3 is 2.67 bits per heavy atom. The summed E-state index contributed by atoms with van der Waals surface area (Å²) in [5, 5.41) is 10.5. The Balaban J connectivity index is 1.81. The lowest BCUT2D eigenvalue weighted by Crippen LogP contribution is -2.44. The van der Waals surface area contributed by atoms with E-state index in [0.29, 0.717) is 45.8 Å². The fraction of sp³-hybridized carbons (Fsp3) is 0.520. The second kappa shape index (κ2) is 10.5. The van der Waals surface area contributed by atoms with Crippen LogP contribution in [0.3, 0.4) is 0 Å². The number of rotatable bonds is 7. The smallest absolute Gasteiger partial charge is 0.288 e. The van der Waals surface area contributed by atoms with Crippen LogP contribution >= 0.6 is 0 Å². The quantitative estimate of drug-likeness (QED) is 0.689. The van der Waals surface area contributed by atoms with Crippen molar-refractivity contribution in [2.24, 2.45) is 5.92 Å². The number of carbonyl (C=O) groups is 2. The number of amides is 1. The minimum absolute atomic E-state index is 0.0561. The molecule has 178 valence electrons. The molecule has 2 aliphatic rings. The Morgan fingerprint density at radius 1 is 1.21 bits per heavy atom. The van der Waals surface area contributed by atoms with E-state index < -0.39 is 6.29 Å². The van der Waals surface area contributed by atoms with Gasteiger partial charge in [0.15, 0.2) is 5.76 Å². The number of fused-ring (bicyclic) bond motifs is 1. The van der Waals surface area contributed by atoms with Gasteiger partial charge in [0.25, 0.3) is 5.91 Å². The average Bonchev–Trinajstić information content (AvgIpc) is 3.23. The fourth-order valence-corrected chi connectivity index (χ4v) is 4.77. The first kappa shape index (κ1) is 23.5. The molecule has 4 rings (SSSR count). The van der Waals surface area contributed by atoms with Crippen LogP contribution in [0, 0.1) is 5.92 Å². The topological polar surface area (TPSA) is 90.2 Å². The lowest BCUT2D eigenvalue weighted by molar-refractivity contribution is -0.171. The van der Waals surface area contributed by atoms with Crippen LogP contribution in [0.15, 0.2) is 42.3 Å². The summed E-state index contributed by atoms with van der Waals surface area (Å²) in [7, 11) is 0. The zero-order valence-electron chi connectivity index (χ0n) is 19.2. The first-order valence-corrected chi connectivity index (χ1v) is 11.6. The molecule has 1 N–H and O–H groups in total. The first-order valence-electron chi connectivity index (χ1n) is 11.6. The summed E-state index contributed by atoms with van der Waals surface area (Å²) >= 11 is 0. The molecule has 33 heavy (non-hydrogen) atoms. The van der Waals surface area contributed by atoms with Crippen LogP contribution in [0.2, 0.25) is 0 Å². The third-order valence-electron chi connectivity index (χ3n) is 6.36. The van der Waals surface area contributed by atoms with Crippen molar-refractivity contribution in [2.45, 2.75) is 38.9 Å². The Bertz CT molecular complexity index is 1020. The molecule has 3 heterocycles. The third-order valence-corrected chi connectivity index (χ3v) is 6.36. The summed E-state index contributed by atoms with van der Waals surface area (Å²) in [6.07, 6.45) is 4.35. The van der Waals surface area contributed by atoms with Gasteiger partial charge in [0.2, 0.25) is 12.2 Å². The van der Waals surface area contributed by atoms with Gasteiger partial charge in [-0.15, -0.1) is 0 Å². The molecule has 2 aliphatic heterocycles. The molecule has 1 aromatic heterocycles. The standard InChI is InChI=1S/C25H32N2O6/c1-3-32-25-19(8-6-12-28)20(15-23(33-25)24(30)26-10-13-31-14-11-26)21-16-27(17(2)29)22-9-5-4-7-18(21)22/h4-5,7,9,15-16,19-20,25,28H,3,6,8,10-14H2,1-2H3/t19-,20+,25-/m1/s1. The highest BCUT2D eigenvalue weighted by molar-refractivity contribution is 5.95. The largest absolute Gasteiger partial charge is 0.459 e. The maximum absolute atomic E-state index is 13.3. The van der Waals surface area contributed by atoms with Crippen LogP contribution in [0.4, 0.5) is 0 Å². The van der Waals surface area contributed by atoms with E-state index in [1.807, 2.05) is 43.5 Å². The molecule has 8 heteroatoms. The number of carbonyl (C=O) groups excluding carboxylic acids is 2. The average molecular weight is 457 g/mol. The molecule has 1 fully saturated rings. The molecule has 1 saturated heterocycles. The normalized spacial score (nSPS) is 23.3. The zero-order chi connectivity index (χ0) is 23.4. The van der Waals surface area contributed by atoms with E-state index in [-0.39, 0.29) is 36.0 Å². The minimum Gasteiger partial charge on any atom is -0.459 e. The predicted molar refractivity (Wildman–Crippen MR) is 123 cm³/mol. The highest BCUT2D eigenvalue weighted by atomic mass is 16.7. The molecule has 1 amide bonds. The summed E-state index contributed by atoms with van der Waals surface area (Å²) in [5.41, 5.74) is 1.78. The van der Waals surface area contributed by atoms with Crippen molar-refractivity contribution in [1.29, 1.82) is 0 Å². The van der Waals surface area contributed by atoms with E-state index in [4.69, 9.17) is 14.2 Å². The second-order valence-electron chi connectivity index (χ2n) is 8.42. The van der Waals surface area contributed by atoms with Gasteiger partial charge in [0.1, 0.15) is 0 Å². The molecular formula is C25H32N2O6. The van der Waals surface area contributed by atoms with Gasteiger partial charge in [-0.05, 0) is 37.5 Å². The summed E-state index contributed by atoms with van der Waals surface area (Å²) in [4.78, 5) is 27.4. The van der Waals surface area contributed by atoms with Gasteiger partial charge in [-0.25, -0.2) is 0 Å². The van der Waals surface area contributed by atoms with E-state index in [1.54, 1.807) is 9.47 Å². The number of benzene rings is 1. The Kier molecular flexibility index (Phi) is 7.47. The molecule has 0 bridgehead atoms. The molecule has 0 spiro atoms. The number of hydrogen-bond acceptors (Lipinski definition) is 6. The van der Waals surface area contributed by atoms with Crippen LogP contribution in [0.5, 0.6) is 0 Å². The van der Waals surface area contributed by atoms with Gasteiger partial charge in [-0.3, -0.25) is 14.2 Å². The van der Waals surface area contributed by atoms with Crippen LogP contribution in [-0.2, 0) is 19.0 Å². The van der Waals surface area contributed by atoms with Gasteiger partial charge in [0, 0.05) is 56.6 Å². The molecule has 0 saturated carbocycles. The number of hydrogen-bond donors (Lipinski definition) is 1. The van der Waals surface area contributed by atoms with E-state index in [2.05, 4.69) is 0 Å². The number of nitrogens with zero attached hydrogens (tertiary/aromatic N) is 2. The summed E-state index contributed by atoms with van der Waals surface area (Å²) in [5.74, 6) is -0.326. The summed E-state index contributed by atoms with van der Waals surface area (Å²) in [6.45, 7) is 5.95. The number of allylic oxidation sites excluding steroid dienone is 1. The monoisotopic (exact) mass is 456 g/mol.